The van der Waals surface area contributed by atoms with E-state index in [0.29, 0.717) is 44.0 Å². The molecule has 1 amide bonds. The Morgan fingerprint density at radius 1 is 0.943 bits per heavy atom. The van der Waals surface area contributed by atoms with Crippen LogP contribution in [0.25, 0.3) is 0 Å². The third-order valence-electron chi connectivity index (χ3n) is 7.28. The Morgan fingerprint density at radius 2 is 1.66 bits per heavy atom. The van der Waals surface area contributed by atoms with Gasteiger partial charge in [-0.25, -0.2) is 14.3 Å². The highest BCUT2D eigenvalue weighted by molar-refractivity contribution is 7.97. The minimum atomic E-state index is -2.91. The van der Waals surface area contributed by atoms with Gasteiger partial charge in [-0.3, -0.25) is 4.79 Å². The zero-order valence-corrected chi connectivity index (χ0v) is 21.1. The van der Waals surface area contributed by atoms with Crippen LogP contribution in [0.3, 0.4) is 0 Å². The van der Waals surface area contributed by atoms with E-state index in [2.05, 4.69) is 26.4 Å². The monoisotopic (exact) mass is 501 g/mol. The molecule has 1 aromatic heterocycles. The van der Waals surface area contributed by atoms with Crippen LogP contribution in [-0.4, -0.2) is 52.9 Å². The Kier molecular flexibility index (Phi) is 7.25. The molecule has 2 saturated heterocycles. The van der Waals surface area contributed by atoms with E-state index in [1.54, 1.807) is 18.9 Å². The highest BCUT2D eigenvalue weighted by atomic mass is 32.2. The van der Waals surface area contributed by atoms with Gasteiger partial charge in [0, 0.05) is 61.3 Å². The van der Waals surface area contributed by atoms with Crippen LogP contribution >= 0.6 is 11.9 Å². The van der Waals surface area contributed by atoms with E-state index in [1.807, 2.05) is 21.9 Å². The highest BCUT2D eigenvalue weighted by Crippen LogP contribution is 2.43. The fraction of sp³-hybridized carbons (Fsp3) is 0.577. The zero-order valence-electron chi connectivity index (χ0n) is 20.3. The molecule has 188 valence electrons. The van der Waals surface area contributed by atoms with Crippen LogP contribution in [0.1, 0.15) is 56.3 Å². The van der Waals surface area contributed by atoms with E-state index >= 15 is 8.78 Å². The van der Waals surface area contributed by atoms with Crippen molar-refractivity contribution in [2.24, 2.45) is 5.92 Å². The summed E-state index contributed by atoms with van der Waals surface area (Å²) in [5.74, 6) is -2.92. The zero-order chi connectivity index (χ0) is 24.4. The second-order valence-electron chi connectivity index (χ2n) is 9.80. The van der Waals surface area contributed by atoms with Crippen LogP contribution in [0.4, 0.5) is 20.4 Å². The van der Waals surface area contributed by atoms with Crippen molar-refractivity contribution >= 4 is 29.5 Å². The van der Waals surface area contributed by atoms with E-state index in [-0.39, 0.29) is 11.6 Å². The number of aryl methyl sites for hydroxylation is 1. The van der Waals surface area contributed by atoms with Crippen molar-refractivity contribution in [3.05, 3.63) is 41.7 Å². The summed E-state index contributed by atoms with van der Waals surface area (Å²) in [5.41, 5.74) is 1.42. The van der Waals surface area contributed by atoms with Gasteiger partial charge in [0.15, 0.2) is 0 Å². The van der Waals surface area contributed by atoms with Crippen LogP contribution in [0.5, 0.6) is 0 Å². The van der Waals surface area contributed by atoms with Crippen molar-refractivity contribution in [3.8, 4) is 0 Å². The molecule has 35 heavy (non-hydrogen) atoms. The van der Waals surface area contributed by atoms with Crippen LogP contribution in [0, 0.1) is 12.8 Å². The molecule has 0 unspecified atom stereocenters. The number of piperazine rings is 1. The summed E-state index contributed by atoms with van der Waals surface area (Å²) < 4.78 is 32.8. The number of amides is 1. The van der Waals surface area contributed by atoms with E-state index in [4.69, 9.17) is 0 Å². The van der Waals surface area contributed by atoms with Gasteiger partial charge in [0.2, 0.25) is 11.9 Å². The lowest BCUT2D eigenvalue weighted by Crippen LogP contribution is -2.44. The Morgan fingerprint density at radius 3 is 2.31 bits per heavy atom. The normalized spacial score (nSPS) is 20.6. The molecule has 3 heterocycles. The number of carbonyl (C=O) groups excluding carboxylic acids is 1. The summed E-state index contributed by atoms with van der Waals surface area (Å²) in [6.07, 6.45) is 5.47. The lowest BCUT2D eigenvalue weighted by atomic mass is 9.83. The molecule has 5 rings (SSSR count). The van der Waals surface area contributed by atoms with Crippen molar-refractivity contribution in [1.29, 1.82) is 0 Å². The molecule has 1 saturated carbocycles. The summed E-state index contributed by atoms with van der Waals surface area (Å²) in [5, 5.41) is 0. The molecule has 0 N–H and O–H groups in total. The molecule has 0 bridgehead atoms. The van der Waals surface area contributed by atoms with E-state index in [0.717, 1.165) is 55.9 Å². The number of carbonyl (C=O) groups is 1. The number of alkyl halides is 2. The van der Waals surface area contributed by atoms with Crippen molar-refractivity contribution in [1.82, 2.24) is 14.3 Å². The second kappa shape index (κ2) is 10.4. The SMILES string of the molecule is Cc1cc(C(F)(F)C2CCCCC2)nc(N2CCN(Sc3ccc(N4CCCC4=O)cc3)CC2)n1. The van der Waals surface area contributed by atoms with Crippen molar-refractivity contribution in [3.63, 3.8) is 0 Å². The summed E-state index contributed by atoms with van der Waals surface area (Å²) in [7, 11) is 0. The molecule has 3 fully saturated rings. The smallest absolute Gasteiger partial charge is 0.292 e. The topological polar surface area (TPSA) is 52.6 Å². The first-order valence-electron chi connectivity index (χ1n) is 12.7. The maximum Gasteiger partial charge on any atom is 0.292 e. The van der Waals surface area contributed by atoms with Gasteiger partial charge in [-0.2, -0.15) is 8.78 Å². The van der Waals surface area contributed by atoms with E-state index in [1.165, 1.54) is 6.07 Å². The Bertz CT molecular complexity index is 1040. The molecule has 0 atom stereocenters. The minimum Gasteiger partial charge on any atom is -0.338 e. The maximum atomic E-state index is 15.3. The summed E-state index contributed by atoms with van der Waals surface area (Å²) in [4.78, 5) is 25.8. The van der Waals surface area contributed by atoms with E-state index in [9.17, 15) is 4.79 Å². The molecule has 2 aromatic rings. The lowest BCUT2D eigenvalue weighted by Gasteiger charge is -2.35. The predicted octanol–water partition coefficient (Wildman–Crippen LogP) is 5.41. The standard InChI is InChI=1S/C26H33F2N5OS/c1-19-18-23(26(27,28)20-6-3-2-4-7-20)30-25(29-19)31-14-16-32(17-15-31)35-22-11-9-21(10-12-22)33-13-5-8-24(33)34/h9-12,18,20H,2-8,13-17H2,1H3. The van der Waals surface area contributed by atoms with Crippen molar-refractivity contribution in [2.45, 2.75) is 62.7 Å². The first-order valence-corrected chi connectivity index (χ1v) is 13.5. The lowest BCUT2D eigenvalue weighted by molar-refractivity contribution is -0.117. The number of rotatable bonds is 6. The second-order valence-corrected chi connectivity index (χ2v) is 11.0. The molecule has 9 heteroatoms. The predicted molar refractivity (Wildman–Crippen MR) is 135 cm³/mol. The summed E-state index contributed by atoms with van der Waals surface area (Å²) in [6.45, 7) is 5.50. The first-order chi connectivity index (χ1) is 16.9. The molecular weight excluding hydrogens is 468 g/mol. The fourth-order valence-corrected chi connectivity index (χ4v) is 6.18. The van der Waals surface area contributed by atoms with Gasteiger partial charge in [-0.1, -0.05) is 19.3 Å². The molecule has 0 radical (unpaired) electrons. The number of anilines is 2. The third kappa shape index (κ3) is 5.45. The molecule has 1 aliphatic carbocycles. The number of benzene rings is 1. The van der Waals surface area contributed by atoms with Crippen molar-refractivity contribution < 1.29 is 13.6 Å². The van der Waals surface area contributed by atoms with E-state index < -0.39 is 11.8 Å². The maximum absolute atomic E-state index is 15.3. The van der Waals surface area contributed by atoms with Crippen LogP contribution in [0.15, 0.2) is 35.2 Å². The molecule has 3 aliphatic rings. The molecule has 0 spiro atoms. The minimum absolute atomic E-state index is 0.125. The van der Waals surface area contributed by atoms with Gasteiger partial charge in [0.05, 0.1) is 0 Å². The Labute approximate surface area is 210 Å². The summed E-state index contributed by atoms with van der Waals surface area (Å²) >= 11 is 1.69. The number of hydrogen-bond acceptors (Lipinski definition) is 6. The molecular formula is C26H33F2N5OS. The number of hydrogen-bond donors (Lipinski definition) is 0. The number of halogens is 2. The molecule has 6 nitrogen and oxygen atoms in total. The number of nitrogens with zero attached hydrogens (tertiary/aromatic N) is 5. The van der Waals surface area contributed by atoms with Crippen LogP contribution < -0.4 is 9.80 Å². The van der Waals surface area contributed by atoms with Crippen LogP contribution in [-0.2, 0) is 10.7 Å². The largest absolute Gasteiger partial charge is 0.338 e. The van der Waals surface area contributed by atoms with Gasteiger partial charge in [-0.05, 0) is 68.5 Å². The average Bonchev–Trinajstić information content (AvgIpc) is 3.31. The Balaban J connectivity index is 1.20. The molecule has 1 aromatic carbocycles. The fourth-order valence-electron chi connectivity index (χ4n) is 5.28. The quantitative estimate of drug-likeness (QED) is 0.493. The van der Waals surface area contributed by atoms with Gasteiger partial charge >= 0.3 is 0 Å². The number of aromatic nitrogens is 2. The molecule has 2 aliphatic heterocycles. The van der Waals surface area contributed by atoms with Gasteiger partial charge in [-0.15, -0.1) is 0 Å². The average molecular weight is 502 g/mol. The van der Waals surface area contributed by atoms with Gasteiger partial charge in [0.25, 0.3) is 5.92 Å². The Hall–Kier alpha value is -2.26. The van der Waals surface area contributed by atoms with Gasteiger partial charge in [0.1, 0.15) is 5.69 Å². The van der Waals surface area contributed by atoms with Crippen LogP contribution in [0.2, 0.25) is 0 Å². The third-order valence-corrected chi connectivity index (χ3v) is 8.39. The summed E-state index contributed by atoms with van der Waals surface area (Å²) in [6, 6.07) is 9.60. The van der Waals surface area contributed by atoms with Gasteiger partial charge < -0.3 is 9.80 Å². The first kappa shape index (κ1) is 24.4. The highest BCUT2D eigenvalue weighted by Gasteiger charge is 2.43. The van der Waals surface area contributed by atoms with Crippen molar-refractivity contribution in [2.75, 3.05) is 42.5 Å².